The van der Waals surface area contributed by atoms with Gasteiger partial charge in [0.2, 0.25) is 0 Å². The molecule has 2 aliphatic rings. The Morgan fingerprint density at radius 2 is 2.33 bits per heavy atom. The van der Waals surface area contributed by atoms with E-state index in [4.69, 9.17) is 4.74 Å². The van der Waals surface area contributed by atoms with Crippen molar-refractivity contribution in [2.45, 2.75) is 25.0 Å². The number of hydrogen-bond donors (Lipinski definition) is 0. The minimum absolute atomic E-state index is 0.579. The van der Waals surface area contributed by atoms with Crippen molar-refractivity contribution in [2.24, 2.45) is 0 Å². The number of likely N-dealkylation sites (N-methyl/N-ethyl adjacent to an activating group) is 1. The molecule has 2 rings (SSSR count). The quantitative estimate of drug-likeness (QED) is 0.469. The predicted molar refractivity (Wildman–Crippen MR) is 35.4 cm³/mol. The predicted octanol–water partition coefficient (Wildman–Crippen LogP) is 0.479. The second kappa shape index (κ2) is 1.96. The third-order valence-electron chi connectivity index (χ3n) is 2.51. The van der Waals surface area contributed by atoms with Gasteiger partial charge in [0.15, 0.2) is 0 Å². The maximum absolute atomic E-state index is 5.51. The van der Waals surface area contributed by atoms with E-state index in [2.05, 4.69) is 11.9 Å². The summed E-state index contributed by atoms with van der Waals surface area (Å²) in [4.78, 5) is 2.41. The zero-order chi connectivity index (χ0) is 6.27. The van der Waals surface area contributed by atoms with Crippen molar-refractivity contribution in [3.05, 3.63) is 0 Å². The molecule has 2 fully saturated rings. The van der Waals surface area contributed by atoms with Crippen LogP contribution in [0.2, 0.25) is 0 Å². The summed E-state index contributed by atoms with van der Waals surface area (Å²) in [6.45, 7) is 2.22. The lowest BCUT2D eigenvalue weighted by atomic mass is 10.1. The van der Waals surface area contributed by atoms with E-state index in [-0.39, 0.29) is 0 Å². The van der Waals surface area contributed by atoms with Crippen LogP contribution in [0.25, 0.3) is 0 Å². The first kappa shape index (κ1) is 5.69. The first-order chi connectivity index (χ1) is 4.38. The van der Waals surface area contributed by atoms with Gasteiger partial charge in [-0.1, -0.05) is 0 Å². The molecular formula is C7H13NO. The molecule has 0 radical (unpaired) electrons. The highest BCUT2D eigenvalue weighted by molar-refractivity contribution is 4.89. The van der Waals surface area contributed by atoms with Crippen LogP contribution in [0, 0.1) is 0 Å². The molecule has 2 unspecified atom stereocenters. The summed E-state index contributed by atoms with van der Waals surface area (Å²) in [5.41, 5.74) is 0. The van der Waals surface area contributed by atoms with Crippen LogP contribution in [0.1, 0.15) is 12.8 Å². The number of fused-ring (bicyclic) bond motifs is 1. The van der Waals surface area contributed by atoms with Gasteiger partial charge < -0.3 is 9.64 Å². The fourth-order valence-corrected chi connectivity index (χ4v) is 1.91. The zero-order valence-electron chi connectivity index (χ0n) is 5.84. The van der Waals surface area contributed by atoms with Gasteiger partial charge in [0, 0.05) is 19.2 Å². The van der Waals surface area contributed by atoms with Crippen LogP contribution in [-0.4, -0.2) is 37.2 Å². The average molecular weight is 127 g/mol. The highest BCUT2D eigenvalue weighted by Crippen LogP contribution is 2.26. The highest BCUT2D eigenvalue weighted by Gasteiger charge is 2.36. The molecule has 2 atom stereocenters. The van der Waals surface area contributed by atoms with Crippen molar-refractivity contribution in [3.63, 3.8) is 0 Å². The Labute approximate surface area is 55.8 Å². The van der Waals surface area contributed by atoms with Crippen molar-refractivity contribution in [1.29, 1.82) is 0 Å². The van der Waals surface area contributed by atoms with Crippen molar-refractivity contribution in [3.8, 4) is 0 Å². The first-order valence-corrected chi connectivity index (χ1v) is 3.70. The Balaban J connectivity index is 2.07. The molecule has 0 amide bonds. The number of ether oxygens (including phenoxy) is 1. The van der Waals surface area contributed by atoms with Crippen molar-refractivity contribution in [2.75, 3.05) is 20.2 Å². The molecule has 2 saturated heterocycles. The van der Waals surface area contributed by atoms with Crippen LogP contribution in [-0.2, 0) is 4.74 Å². The Hall–Kier alpha value is -0.0800. The molecule has 0 aromatic rings. The molecular weight excluding hydrogens is 114 g/mol. The number of rotatable bonds is 0. The van der Waals surface area contributed by atoms with Crippen molar-refractivity contribution >= 4 is 0 Å². The largest absolute Gasteiger partial charge is 0.376 e. The Morgan fingerprint density at radius 3 is 3.11 bits per heavy atom. The molecule has 0 spiro atoms. The molecule has 0 bridgehead atoms. The van der Waals surface area contributed by atoms with Gasteiger partial charge in [0.1, 0.15) is 0 Å². The van der Waals surface area contributed by atoms with Crippen LogP contribution in [0.4, 0.5) is 0 Å². The Bertz CT molecular complexity index is 115. The van der Waals surface area contributed by atoms with Gasteiger partial charge in [-0.2, -0.15) is 0 Å². The topological polar surface area (TPSA) is 12.5 Å². The molecule has 2 heteroatoms. The van der Waals surface area contributed by atoms with E-state index in [1.165, 1.54) is 19.4 Å². The van der Waals surface area contributed by atoms with Gasteiger partial charge in [0.25, 0.3) is 0 Å². The third kappa shape index (κ3) is 0.775. The van der Waals surface area contributed by atoms with Crippen LogP contribution < -0.4 is 0 Å². The maximum Gasteiger partial charge on any atom is 0.0743 e. The van der Waals surface area contributed by atoms with E-state index in [0.29, 0.717) is 6.10 Å². The summed E-state index contributed by atoms with van der Waals surface area (Å²) in [5.74, 6) is 0. The lowest BCUT2D eigenvalue weighted by Crippen LogP contribution is -2.27. The van der Waals surface area contributed by atoms with E-state index < -0.39 is 0 Å². The summed E-state index contributed by atoms with van der Waals surface area (Å²) in [5, 5.41) is 0. The van der Waals surface area contributed by atoms with E-state index in [9.17, 15) is 0 Å². The normalized spacial score (nSPS) is 43.7. The molecule has 9 heavy (non-hydrogen) atoms. The van der Waals surface area contributed by atoms with Crippen LogP contribution in [0.15, 0.2) is 0 Å². The molecule has 0 saturated carbocycles. The maximum atomic E-state index is 5.51. The van der Waals surface area contributed by atoms with Crippen molar-refractivity contribution in [1.82, 2.24) is 4.90 Å². The standard InChI is InChI=1S/C7H13NO/c1-8-4-2-7-6(8)3-5-9-7/h6-7H,2-5H2,1H3. The summed E-state index contributed by atoms with van der Waals surface area (Å²) < 4.78 is 5.51. The summed E-state index contributed by atoms with van der Waals surface area (Å²) in [7, 11) is 2.19. The van der Waals surface area contributed by atoms with Gasteiger partial charge in [0.05, 0.1) is 6.10 Å². The van der Waals surface area contributed by atoms with Gasteiger partial charge in [-0.15, -0.1) is 0 Å². The second-order valence-corrected chi connectivity index (χ2v) is 3.03. The van der Waals surface area contributed by atoms with Crippen LogP contribution in [0.5, 0.6) is 0 Å². The zero-order valence-corrected chi connectivity index (χ0v) is 5.84. The summed E-state index contributed by atoms with van der Waals surface area (Å²) >= 11 is 0. The number of nitrogens with zero attached hydrogens (tertiary/aromatic N) is 1. The highest BCUT2D eigenvalue weighted by atomic mass is 16.5. The molecule has 0 aromatic carbocycles. The molecule has 2 nitrogen and oxygen atoms in total. The van der Waals surface area contributed by atoms with E-state index in [1.807, 2.05) is 0 Å². The fraction of sp³-hybridized carbons (Fsp3) is 1.00. The fourth-order valence-electron chi connectivity index (χ4n) is 1.91. The SMILES string of the molecule is CN1CCC2OCCC21. The molecule has 2 aliphatic heterocycles. The Kier molecular flexibility index (Phi) is 1.24. The molecule has 0 N–H and O–H groups in total. The van der Waals surface area contributed by atoms with Crippen LogP contribution >= 0.6 is 0 Å². The lowest BCUT2D eigenvalue weighted by Gasteiger charge is -2.15. The van der Waals surface area contributed by atoms with E-state index in [0.717, 1.165) is 12.6 Å². The molecule has 0 aliphatic carbocycles. The molecule has 0 aromatic heterocycles. The number of likely N-dealkylation sites (tertiary alicyclic amines) is 1. The second-order valence-electron chi connectivity index (χ2n) is 3.03. The first-order valence-electron chi connectivity index (χ1n) is 3.70. The minimum atomic E-state index is 0.579. The average Bonchev–Trinajstić information content (AvgIpc) is 2.35. The lowest BCUT2D eigenvalue weighted by molar-refractivity contribution is 0.108. The number of hydrogen-bond acceptors (Lipinski definition) is 2. The molecule has 2 heterocycles. The van der Waals surface area contributed by atoms with Crippen molar-refractivity contribution < 1.29 is 4.74 Å². The van der Waals surface area contributed by atoms with Gasteiger partial charge in [-0.3, -0.25) is 0 Å². The van der Waals surface area contributed by atoms with Crippen LogP contribution in [0.3, 0.4) is 0 Å². The van der Waals surface area contributed by atoms with Gasteiger partial charge >= 0.3 is 0 Å². The summed E-state index contributed by atoms with van der Waals surface area (Å²) in [6.07, 6.45) is 3.08. The van der Waals surface area contributed by atoms with E-state index in [1.54, 1.807) is 0 Å². The smallest absolute Gasteiger partial charge is 0.0743 e. The minimum Gasteiger partial charge on any atom is -0.376 e. The molecule has 52 valence electrons. The van der Waals surface area contributed by atoms with E-state index >= 15 is 0 Å². The Morgan fingerprint density at radius 1 is 1.44 bits per heavy atom. The van der Waals surface area contributed by atoms with Gasteiger partial charge in [-0.25, -0.2) is 0 Å². The monoisotopic (exact) mass is 127 g/mol. The van der Waals surface area contributed by atoms with Gasteiger partial charge in [-0.05, 0) is 19.9 Å². The third-order valence-corrected chi connectivity index (χ3v) is 2.51. The summed E-state index contributed by atoms with van der Waals surface area (Å²) in [6, 6.07) is 0.755.